The van der Waals surface area contributed by atoms with Crippen molar-refractivity contribution in [1.82, 2.24) is 4.57 Å². The largest absolute Gasteiger partial charge is 0.422 e. The van der Waals surface area contributed by atoms with Gasteiger partial charge in [-0.15, -0.1) is 0 Å². The lowest BCUT2D eigenvalue weighted by atomic mass is 9.98. The van der Waals surface area contributed by atoms with Crippen molar-refractivity contribution in [3.8, 4) is 0 Å². The SMILES string of the molecule is O=c1oc2ccccc2n1C1OC(CO)C(O)C(O)C1O. The fourth-order valence-corrected chi connectivity index (χ4v) is 2.52. The monoisotopic (exact) mass is 297 g/mol. The van der Waals surface area contributed by atoms with E-state index in [9.17, 15) is 25.2 Å². The van der Waals surface area contributed by atoms with Gasteiger partial charge in [0.2, 0.25) is 0 Å². The first-order valence-corrected chi connectivity index (χ1v) is 6.45. The Morgan fingerprint density at radius 1 is 1.10 bits per heavy atom. The molecule has 2 aromatic rings. The number of nitrogens with zero attached hydrogens (tertiary/aromatic N) is 1. The summed E-state index contributed by atoms with van der Waals surface area (Å²) in [6.45, 7) is -0.564. The van der Waals surface area contributed by atoms with Gasteiger partial charge < -0.3 is 29.6 Å². The summed E-state index contributed by atoms with van der Waals surface area (Å²) in [5.41, 5.74) is 0.686. The molecule has 8 heteroatoms. The van der Waals surface area contributed by atoms with Crippen LogP contribution >= 0.6 is 0 Å². The first-order valence-electron chi connectivity index (χ1n) is 6.45. The van der Waals surface area contributed by atoms with E-state index in [0.717, 1.165) is 4.57 Å². The highest BCUT2D eigenvalue weighted by Crippen LogP contribution is 2.29. The molecule has 2 heterocycles. The number of ether oxygens (including phenoxy) is 1. The number of para-hydroxylation sites is 2. The molecule has 5 atom stereocenters. The van der Waals surface area contributed by atoms with E-state index in [1.807, 2.05) is 0 Å². The first kappa shape index (κ1) is 14.2. The maximum atomic E-state index is 12.0. The Kier molecular flexibility index (Phi) is 3.56. The first-order chi connectivity index (χ1) is 10.0. The van der Waals surface area contributed by atoms with Crippen LogP contribution < -0.4 is 5.76 Å². The van der Waals surface area contributed by atoms with Gasteiger partial charge in [0.05, 0.1) is 12.1 Å². The van der Waals surface area contributed by atoms with Crippen molar-refractivity contribution in [3.05, 3.63) is 34.8 Å². The standard InChI is InChI=1S/C13H15NO7/c15-5-8-9(16)10(17)11(18)12(20-8)14-6-3-1-2-4-7(6)21-13(14)19/h1-4,8-12,15-18H,5H2. The van der Waals surface area contributed by atoms with E-state index in [4.69, 9.17) is 9.15 Å². The Morgan fingerprint density at radius 2 is 1.81 bits per heavy atom. The zero-order chi connectivity index (χ0) is 15.1. The minimum absolute atomic E-state index is 0.305. The summed E-state index contributed by atoms with van der Waals surface area (Å²) >= 11 is 0. The van der Waals surface area contributed by atoms with Crippen LogP contribution in [0.25, 0.3) is 11.1 Å². The molecule has 0 amide bonds. The predicted octanol–water partition coefficient (Wildman–Crippen LogP) is -1.43. The summed E-state index contributed by atoms with van der Waals surface area (Å²) in [6, 6.07) is 6.54. The summed E-state index contributed by atoms with van der Waals surface area (Å²) in [4.78, 5) is 12.0. The summed E-state index contributed by atoms with van der Waals surface area (Å²) in [6.07, 6.45) is -6.93. The van der Waals surface area contributed by atoms with E-state index >= 15 is 0 Å². The van der Waals surface area contributed by atoms with Gasteiger partial charge in [0.25, 0.3) is 0 Å². The molecule has 1 fully saturated rings. The van der Waals surface area contributed by atoms with Crippen molar-refractivity contribution in [1.29, 1.82) is 0 Å². The fourth-order valence-electron chi connectivity index (χ4n) is 2.52. The molecule has 0 aliphatic carbocycles. The highest BCUT2D eigenvalue weighted by atomic mass is 16.6. The van der Waals surface area contributed by atoms with E-state index in [2.05, 4.69) is 0 Å². The molecule has 0 saturated carbocycles. The topological polar surface area (TPSA) is 125 Å². The number of rotatable bonds is 2. The Balaban J connectivity index is 2.09. The van der Waals surface area contributed by atoms with Gasteiger partial charge in [0, 0.05) is 0 Å². The molecule has 4 N–H and O–H groups in total. The van der Waals surface area contributed by atoms with Crippen molar-refractivity contribution in [2.75, 3.05) is 6.61 Å². The van der Waals surface area contributed by atoms with Crippen LogP contribution in [0.5, 0.6) is 0 Å². The van der Waals surface area contributed by atoms with Gasteiger partial charge in [0.1, 0.15) is 24.4 Å². The summed E-state index contributed by atoms with van der Waals surface area (Å²) in [5, 5.41) is 38.8. The van der Waals surface area contributed by atoms with Crippen LogP contribution in [0.2, 0.25) is 0 Å². The molecule has 1 saturated heterocycles. The number of hydrogen-bond acceptors (Lipinski definition) is 7. The highest BCUT2D eigenvalue weighted by molar-refractivity contribution is 5.72. The Bertz CT molecular complexity index is 691. The lowest BCUT2D eigenvalue weighted by Crippen LogP contribution is -2.57. The average Bonchev–Trinajstić information content (AvgIpc) is 2.81. The molecule has 21 heavy (non-hydrogen) atoms. The third-order valence-electron chi connectivity index (χ3n) is 3.64. The number of aliphatic hydroxyl groups is 4. The molecular weight excluding hydrogens is 282 g/mol. The quantitative estimate of drug-likeness (QED) is 0.535. The van der Waals surface area contributed by atoms with Gasteiger partial charge in [-0.1, -0.05) is 12.1 Å². The molecule has 3 rings (SSSR count). The van der Waals surface area contributed by atoms with Crippen LogP contribution in [0.4, 0.5) is 0 Å². The average molecular weight is 297 g/mol. The van der Waals surface area contributed by atoms with Crippen LogP contribution in [-0.4, -0.2) is 56.0 Å². The molecule has 5 unspecified atom stereocenters. The number of aromatic nitrogens is 1. The van der Waals surface area contributed by atoms with Crippen molar-refractivity contribution in [2.24, 2.45) is 0 Å². The third-order valence-corrected chi connectivity index (χ3v) is 3.64. The molecule has 0 spiro atoms. The van der Waals surface area contributed by atoms with Crippen molar-refractivity contribution >= 4 is 11.1 Å². The summed E-state index contributed by atoms with van der Waals surface area (Å²) in [7, 11) is 0. The van der Waals surface area contributed by atoms with E-state index < -0.39 is 43.0 Å². The zero-order valence-electron chi connectivity index (χ0n) is 10.9. The fraction of sp³-hybridized carbons (Fsp3) is 0.462. The molecule has 0 radical (unpaired) electrons. The van der Waals surface area contributed by atoms with Gasteiger partial charge in [-0.2, -0.15) is 0 Å². The minimum Gasteiger partial charge on any atom is -0.408 e. The molecule has 1 aromatic carbocycles. The second kappa shape index (κ2) is 5.24. The minimum atomic E-state index is -1.55. The maximum absolute atomic E-state index is 12.0. The lowest BCUT2D eigenvalue weighted by Gasteiger charge is -2.39. The number of hydrogen-bond donors (Lipinski definition) is 4. The maximum Gasteiger partial charge on any atom is 0.422 e. The number of fused-ring (bicyclic) bond motifs is 1. The third kappa shape index (κ3) is 2.17. The van der Waals surface area contributed by atoms with Crippen LogP contribution in [0.15, 0.2) is 33.5 Å². The number of oxazole rings is 1. The Hall–Kier alpha value is -1.71. The second-order valence-electron chi connectivity index (χ2n) is 4.93. The van der Waals surface area contributed by atoms with Crippen molar-refractivity contribution in [2.45, 2.75) is 30.6 Å². The van der Waals surface area contributed by atoms with Crippen LogP contribution in [-0.2, 0) is 4.74 Å². The molecule has 1 aliphatic rings. The second-order valence-corrected chi connectivity index (χ2v) is 4.93. The van der Waals surface area contributed by atoms with Gasteiger partial charge in [0.15, 0.2) is 11.8 Å². The summed E-state index contributed by atoms with van der Waals surface area (Å²) in [5.74, 6) is -0.763. The molecule has 8 nitrogen and oxygen atoms in total. The van der Waals surface area contributed by atoms with E-state index in [0.29, 0.717) is 11.1 Å². The van der Waals surface area contributed by atoms with Crippen LogP contribution in [0.3, 0.4) is 0 Å². The smallest absolute Gasteiger partial charge is 0.408 e. The lowest BCUT2D eigenvalue weighted by molar-refractivity contribution is -0.251. The normalized spacial score (nSPS) is 33.4. The van der Waals surface area contributed by atoms with Crippen LogP contribution in [0, 0.1) is 0 Å². The van der Waals surface area contributed by atoms with Crippen molar-refractivity contribution < 1.29 is 29.6 Å². The van der Waals surface area contributed by atoms with E-state index in [-0.39, 0.29) is 0 Å². The highest BCUT2D eigenvalue weighted by Gasteiger charge is 2.45. The molecule has 114 valence electrons. The van der Waals surface area contributed by atoms with E-state index in [1.54, 1.807) is 24.3 Å². The molecule has 0 bridgehead atoms. The van der Waals surface area contributed by atoms with Gasteiger partial charge in [-0.25, -0.2) is 9.36 Å². The van der Waals surface area contributed by atoms with Crippen molar-refractivity contribution in [3.63, 3.8) is 0 Å². The molecule has 1 aliphatic heterocycles. The van der Waals surface area contributed by atoms with Gasteiger partial charge in [-0.3, -0.25) is 0 Å². The Labute approximate surface area is 118 Å². The van der Waals surface area contributed by atoms with E-state index in [1.165, 1.54) is 0 Å². The summed E-state index contributed by atoms with van der Waals surface area (Å²) < 4.78 is 11.5. The number of benzene rings is 1. The zero-order valence-corrected chi connectivity index (χ0v) is 10.9. The number of aliphatic hydroxyl groups excluding tert-OH is 4. The van der Waals surface area contributed by atoms with Gasteiger partial charge in [-0.05, 0) is 12.1 Å². The molecular formula is C13H15NO7. The van der Waals surface area contributed by atoms with Crippen LogP contribution in [0.1, 0.15) is 6.23 Å². The predicted molar refractivity (Wildman–Crippen MR) is 69.5 cm³/mol. The molecule has 1 aromatic heterocycles. The Morgan fingerprint density at radius 3 is 2.52 bits per heavy atom. The van der Waals surface area contributed by atoms with Gasteiger partial charge >= 0.3 is 5.76 Å².